The Morgan fingerprint density at radius 2 is 1.37 bits per heavy atom. The smallest absolute Gasteiger partial charge is 0.193 e. The Balaban J connectivity index is 2.04. The summed E-state index contributed by atoms with van der Waals surface area (Å²) in [6.45, 7) is 2.02. The first-order valence-corrected chi connectivity index (χ1v) is 6.34. The van der Waals surface area contributed by atoms with Crippen molar-refractivity contribution in [3.8, 4) is 0 Å². The predicted molar refractivity (Wildman–Crippen MR) is 78.6 cm³/mol. The van der Waals surface area contributed by atoms with Gasteiger partial charge < -0.3 is 0 Å². The molecule has 3 aromatic carbocycles. The Kier molecular flexibility index (Phi) is 2.88. The van der Waals surface area contributed by atoms with E-state index in [9.17, 15) is 4.79 Å². The molecule has 3 aromatic rings. The van der Waals surface area contributed by atoms with Crippen LogP contribution in [0.3, 0.4) is 0 Å². The lowest BCUT2D eigenvalue weighted by atomic mass is 9.99. The zero-order valence-electron chi connectivity index (χ0n) is 10.8. The number of benzene rings is 3. The summed E-state index contributed by atoms with van der Waals surface area (Å²) in [7, 11) is 0. The molecule has 92 valence electrons. The van der Waals surface area contributed by atoms with E-state index in [1.807, 2.05) is 67.6 Å². The molecule has 3 rings (SSSR count). The highest BCUT2D eigenvalue weighted by Crippen LogP contribution is 2.18. The fourth-order valence-corrected chi connectivity index (χ4v) is 2.20. The molecule has 19 heavy (non-hydrogen) atoms. The van der Waals surface area contributed by atoms with Crippen LogP contribution in [0.5, 0.6) is 0 Å². The zero-order chi connectivity index (χ0) is 13.2. The van der Waals surface area contributed by atoms with Crippen molar-refractivity contribution in [2.75, 3.05) is 0 Å². The number of ketones is 1. The van der Waals surface area contributed by atoms with E-state index in [1.54, 1.807) is 0 Å². The summed E-state index contributed by atoms with van der Waals surface area (Å²) in [6.07, 6.45) is 0. The van der Waals surface area contributed by atoms with Crippen LogP contribution in [0, 0.1) is 6.92 Å². The SMILES string of the molecule is Cc1ccc(C(=O)c2ccc3ccccc3c2)cc1. The average Bonchev–Trinajstić information content (AvgIpc) is 2.47. The third kappa shape index (κ3) is 2.27. The van der Waals surface area contributed by atoms with E-state index >= 15 is 0 Å². The topological polar surface area (TPSA) is 17.1 Å². The van der Waals surface area contributed by atoms with E-state index in [0.717, 1.165) is 27.5 Å². The van der Waals surface area contributed by atoms with Gasteiger partial charge in [0.25, 0.3) is 0 Å². The first kappa shape index (κ1) is 11.7. The first-order valence-electron chi connectivity index (χ1n) is 6.34. The van der Waals surface area contributed by atoms with Crippen molar-refractivity contribution in [3.63, 3.8) is 0 Å². The summed E-state index contributed by atoms with van der Waals surface area (Å²) in [5, 5.41) is 2.25. The van der Waals surface area contributed by atoms with Crippen molar-refractivity contribution in [1.82, 2.24) is 0 Å². The van der Waals surface area contributed by atoms with Crippen molar-refractivity contribution in [2.24, 2.45) is 0 Å². The standard InChI is InChI=1S/C18H14O/c1-13-6-8-15(9-7-13)18(19)17-11-10-14-4-2-3-5-16(14)12-17/h2-12H,1H3. The quantitative estimate of drug-likeness (QED) is 0.613. The molecule has 0 N–H and O–H groups in total. The summed E-state index contributed by atoms with van der Waals surface area (Å²) < 4.78 is 0. The van der Waals surface area contributed by atoms with Gasteiger partial charge in [-0.25, -0.2) is 0 Å². The molecule has 0 fully saturated rings. The highest BCUT2D eigenvalue weighted by atomic mass is 16.1. The van der Waals surface area contributed by atoms with Gasteiger partial charge in [0.15, 0.2) is 5.78 Å². The van der Waals surface area contributed by atoms with Crippen LogP contribution in [0.1, 0.15) is 21.5 Å². The number of aryl methyl sites for hydroxylation is 1. The lowest BCUT2D eigenvalue weighted by Crippen LogP contribution is -2.00. The second-order valence-corrected chi connectivity index (χ2v) is 4.76. The molecule has 0 aliphatic rings. The van der Waals surface area contributed by atoms with Gasteiger partial charge in [0, 0.05) is 11.1 Å². The maximum atomic E-state index is 12.4. The maximum Gasteiger partial charge on any atom is 0.193 e. The Labute approximate surface area is 112 Å². The van der Waals surface area contributed by atoms with Crippen LogP contribution in [0.2, 0.25) is 0 Å². The minimum Gasteiger partial charge on any atom is -0.289 e. The number of fused-ring (bicyclic) bond motifs is 1. The largest absolute Gasteiger partial charge is 0.289 e. The molecular formula is C18H14O. The second kappa shape index (κ2) is 4.69. The third-order valence-electron chi connectivity index (χ3n) is 3.33. The van der Waals surface area contributed by atoms with E-state index in [2.05, 4.69) is 6.07 Å². The van der Waals surface area contributed by atoms with Gasteiger partial charge in [-0.1, -0.05) is 66.2 Å². The fraction of sp³-hybridized carbons (Fsp3) is 0.0556. The van der Waals surface area contributed by atoms with E-state index in [-0.39, 0.29) is 5.78 Å². The van der Waals surface area contributed by atoms with Gasteiger partial charge in [-0.3, -0.25) is 4.79 Å². The Morgan fingerprint density at radius 3 is 2.11 bits per heavy atom. The zero-order valence-corrected chi connectivity index (χ0v) is 10.8. The van der Waals surface area contributed by atoms with Gasteiger partial charge in [-0.15, -0.1) is 0 Å². The van der Waals surface area contributed by atoms with Gasteiger partial charge in [0.2, 0.25) is 0 Å². The number of hydrogen-bond donors (Lipinski definition) is 0. The number of carbonyl (C=O) groups is 1. The van der Waals surface area contributed by atoms with Crippen LogP contribution in [-0.4, -0.2) is 5.78 Å². The van der Waals surface area contributed by atoms with Gasteiger partial charge in [-0.2, -0.15) is 0 Å². The Bertz CT molecular complexity index is 739. The summed E-state index contributed by atoms with van der Waals surface area (Å²) in [5.41, 5.74) is 2.64. The van der Waals surface area contributed by atoms with E-state index < -0.39 is 0 Å². The number of hydrogen-bond acceptors (Lipinski definition) is 1. The summed E-state index contributed by atoms with van der Waals surface area (Å²) in [4.78, 5) is 12.4. The third-order valence-corrected chi connectivity index (χ3v) is 3.33. The Hall–Kier alpha value is -2.41. The van der Waals surface area contributed by atoms with Crippen molar-refractivity contribution < 1.29 is 4.79 Å². The molecule has 0 aliphatic carbocycles. The minimum atomic E-state index is 0.0748. The van der Waals surface area contributed by atoms with E-state index in [0.29, 0.717) is 0 Å². The second-order valence-electron chi connectivity index (χ2n) is 4.76. The number of rotatable bonds is 2. The molecule has 0 aliphatic heterocycles. The van der Waals surface area contributed by atoms with Crippen LogP contribution >= 0.6 is 0 Å². The van der Waals surface area contributed by atoms with Crippen LogP contribution < -0.4 is 0 Å². The molecule has 0 amide bonds. The molecule has 0 unspecified atom stereocenters. The first-order chi connectivity index (χ1) is 9.24. The van der Waals surface area contributed by atoms with Gasteiger partial charge >= 0.3 is 0 Å². The minimum absolute atomic E-state index is 0.0748. The number of carbonyl (C=O) groups excluding carboxylic acids is 1. The maximum absolute atomic E-state index is 12.4. The van der Waals surface area contributed by atoms with Crippen LogP contribution in [-0.2, 0) is 0 Å². The van der Waals surface area contributed by atoms with Gasteiger partial charge in [0.1, 0.15) is 0 Å². The van der Waals surface area contributed by atoms with E-state index in [1.165, 1.54) is 0 Å². The highest BCUT2D eigenvalue weighted by Gasteiger charge is 2.08. The molecule has 0 radical (unpaired) electrons. The fourth-order valence-electron chi connectivity index (χ4n) is 2.20. The van der Waals surface area contributed by atoms with Crippen molar-refractivity contribution >= 4 is 16.6 Å². The average molecular weight is 246 g/mol. The molecule has 0 bridgehead atoms. The highest BCUT2D eigenvalue weighted by molar-refractivity contribution is 6.10. The molecule has 0 spiro atoms. The molecule has 1 heteroatoms. The predicted octanol–water partition coefficient (Wildman–Crippen LogP) is 4.38. The summed E-state index contributed by atoms with van der Waals surface area (Å²) in [5.74, 6) is 0.0748. The van der Waals surface area contributed by atoms with Crippen LogP contribution in [0.15, 0.2) is 66.7 Å². The monoisotopic (exact) mass is 246 g/mol. The lowest BCUT2D eigenvalue weighted by molar-refractivity contribution is 0.103. The molecule has 0 aromatic heterocycles. The molecule has 0 heterocycles. The van der Waals surface area contributed by atoms with Crippen molar-refractivity contribution in [2.45, 2.75) is 6.92 Å². The molecule has 0 saturated heterocycles. The summed E-state index contributed by atoms with van der Waals surface area (Å²) >= 11 is 0. The molecular weight excluding hydrogens is 232 g/mol. The summed E-state index contributed by atoms with van der Waals surface area (Å²) in [6, 6.07) is 21.6. The normalized spacial score (nSPS) is 10.6. The van der Waals surface area contributed by atoms with Gasteiger partial charge in [-0.05, 0) is 23.8 Å². The Morgan fingerprint density at radius 1 is 0.737 bits per heavy atom. The van der Waals surface area contributed by atoms with Crippen molar-refractivity contribution in [3.05, 3.63) is 83.4 Å². The molecule has 0 saturated carbocycles. The van der Waals surface area contributed by atoms with E-state index in [4.69, 9.17) is 0 Å². The molecule has 1 nitrogen and oxygen atoms in total. The van der Waals surface area contributed by atoms with Crippen LogP contribution in [0.4, 0.5) is 0 Å². The lowest BCUT2D eigenvalue weighted by Gasteiger charge is -2.04. The van der Waals surface area contributed by atoms with Crippen molar-refractivity contribution in [1.29, 1.82) is 0 Å². The van der Waals surface area contributed by atoms with Gasteiger partial charge in [0.05, 0.1) is 0 Å². The van der Waals surface area contributed by atoms with Crippen LogP contribution in [0.25, 0.3) is 10.8 Å². The molecule has 0 atom stereocenters.